The van der Waals surface area contributed by atoms with Crippen LogP contribution in [-0.4, -0.2) is 29.5 Å². The zero-order valence-corrected chi connectivity index (χ0v) is 11.9. The van der Waals surface area contributed by atoms with E-state index in [4.69, 9.17) is 4.98 Å². The van der Waals surface area contributed by atoms with Gasteiger partial charge < -0.3 is 5.32 Å². The van der Waals surface area contributed by atoms with Crippen LogP contribution in [0.15, 0.2) is 0 Å². The Kier molecular flexibility index (Phi) is 4.54. The van der Waals surface area contributed by atoms with E-state index in [1.165, 1.54) is 28.7 Å². The molecular weight excluding hydrogens is 230 g/mol. The SMILES string of the molecule is CCNCc1nc2c(s1)CN(CC(C)C)CC2. The van der Waals surface area contributed by atoms with Gasteiger partial charge in [-0.05, 0) is 12.5 Å². The molecule has 0 fully saturated rings. The zero-order valence-electron chi connectivity index (χ0n) is 11.1. The monoisotopic (exact) mass is 253 g/mol. The molecule has 0 spiro atoms. The smallest absolute Gasteiger partial charge is 0.107 e. The van der Waals surface area contributed by atoms with E-state index < -0.39 is 0 Å². The first-order chi connectivity index (χ1) is 8.19. The minimum atomic E-state index is 0.755. The van der Waals surface area contributed by atoms with Gasteiger partial charge in [0.2, 0.25) is 0 Å². The van der Waals surface area contributed by atoms with Crippen molar-refractivity contribution in [1.29, 1.82) is 0 Å². The molecule has 3 nitrogen and oxygen atoms in total. The van der Waals surface area contributed by atoms with Gasteiger partial charge in [0.15, 0.2) is 0 Å². The number of rotatable bonds is 5. The van der Waals surface area contributed by atoms with E-state index >= 15 is 0 Å². The van der Waals surface area contributed by atoms with Gasteiger partial charge in [0.25, 0.3) is 0 Å². The Morgan fingerprint density at radius 1 is 1.47 bits per heavy atom. The molecule has 0 saturated carbocycles. The summed E-state index contributed by atoms with van der Waals surface area (Å²) in [4.78, 5) is 8.78. The molecule has 96 valence electrons. The van der Waals surface area contributed by atoms with Gasteiger partial charge in [-0.15, -0.1) is 11.3 Å². The first-order valence-corrected chi connectivity index (χ1v) is 7.41. The molecule has 1 aromatic heterocycles. The Hall–Kier alpha value is -0.450. The van der Waals surface area contributed by atoms with Crippen LogP contribution in [0.2, 0.25) is 0 Å². The molecule has 0 aliphatic carbocycles. The number of thiazole rings is 1. The molecule has 1 aromatic rings. The summed E-state index contributed by atoms with van der Waals surface area (Å²) < 4.78 is 0. The van der Waals surface area contributed by atoms with Gasteiger partial charge in [0.1, 0.15) is 5.01 Å². The van der Waals surface area contributed by atoms with Crippen molar-refractivity contribution in [2.24, 2.45) is 5.92 Å². The second-order valence-corrected chi connectivity index (χ2v) is 6.30. The van der Waals surface area contributed by atoms with Gasteiger partial charge in [-0.3, -0.25) is 4.90 Å². The van der Waals surface area contributed by atoms with Gasteiger partial charge in [0, 0.05) is 37.5 Å². The van der Waals surface area contributed by atoms with Gasteiger partial charge in [0.05, 0.1) is 5.69 Å². The fraction of sp³-hybridized carbons (Fsp3) is 0.769. The molecule has 0 amide bonds. The number of fused-ring (bicyclic) bond motifs is 1. The number of nitrogens with zero attached hydrogens (tertiary/aromatic N) is 2. The summed E-state index contributed by atoms with van der Waals surface area (Å²) in [6.07, 6.45) is 1.13. The maximum absolute atomic E-state index is 4.73. The van der Waals surface area contributed by atoms with Gasteiger partial charge in [-0.2, -0.15) is 0 Å². The van der Waals surface area contributed by atoms with Crippen molar-refractivity contribution in [2.45, 2.75) is 40.3 Å². The lowest BCUT2D eigenvalue weighted by atomic mass is 10.1. The quantitative estimate of drug-likeness (QED) is 0.872. The molecule has 1 aliphatic rings. The highest BCUT2D eigenvalue weighted by Crippen LogP contribution is 2.25. The Labute approximate surface area is 108 Å². The first kappa shape index (κ1) is 13.0. The third kappa shape index (κ3) is 3.50. The average molecular weight is 253 g/mol. The minimum Gasteiger partial charge on any atom is -0.311 e. The van der Waals surface area contributed by atoms with Crippen LogP contribution in [0.25, 0.3) is 0 Å². The molecule has 0 saturated heterocycles. The number of nitrogens with one attached hydrogen (secondary N) is 1. The molecule has 17 heavy (non-hydrogen) atoms. The van der Waals surface area contributed by atoms with Gasteiger partial charge >= 0.3 is 0 Å². The lowest BCUT2D eigenvalue weighted by Gasteiger charge is -2.27. The molecule has 4 heteroatoms. The van der Waals surface area contributed by atoms with Gasteiger partial charge in [-0.25, -0.2) is 4.98 Å². The standard InChI is InChI=1S/C13H23N3S/c1-4-14-7-13-15-11-5-6-16(8-10(2)3)9-12(11)17-13/h10,14H,4-9H2,1-3H3. The normalized spacial score (nSPS) is 16.5. The molecule has 2 rings (SSSR count). The summed E-state index contributed by atoms with van der Waals surface area (Å²) in [6.45, 7) is 12.2. The summed E-state index contributed by atoms with van der Waals surface area (Å²) in [7, 11) is 0. The van der Waals surface area contributed by atoms with Gasteiger partial charge in [-0.1, -0.05) is 20.8 Å². The van der Waals surface area contributed by atoms with Crippen LogP contribution in [0.1, 0.15) is 36.3 Å². The zero-order chi connectivity index (χ0) is 12.3. The van der Waals surface area contributed by atoms with Crippen molar-refractivity contribution in [3.8, 4) is 0 Å². The fourth-order valence-electron chi connectivity index (χ4n) is 2.28. The molecule has 1 aliphatic heterocycles. The van der Waals surface area contributed by atoms with E-state index in [0.29, 0.717) is 0 Å². The highest BCUT2D eigenvalue weighted by molar-refractivity contribution is 7.11. The largest absolute Gasteiger partial charge is 0.311 e. The van der Waals surface area contributed by atoms with Crippen LogP contribution in [0.5, 0.6) is 0 Å². The van der Waals surface area contributed by atoms with Crippen LogP contribution in [0, 0.1) is 5.92 Å². The second kappa shape index (κ2) is 5.94. The summed E-state index contributed by atoms with van der Waals surface area (Å²) in [5.41, 5.74) is 1.35. The summed E-state index contributed by atoms with van der Waals surface area (Å²) in [5, 5.41) is 4.60. The minimum absolute atomic E-state index is 0.755. The number of hydrogen-bond acceptors (Lipinski definition) is 4. The first-order valence-electron chi connectivity index (χ1n) is 6.59. The van der Waals surface area contributed by atoms with Crippen LogP contribution in [-0.2, 0) is 19.5 Å². The Bertz CT molecular complexity index is 360. The molecular formula is C13H23N3S. The molecule has 0 radical (unpaired) electrons. The lowest BCUT2D eigenvalue weighted by Crippen LogP contribution is -2.32. The molecule has 0 bridgehead atoms. The fourth-order valence-corrected chi connectivity index (χ4v) is 3.41. The topological polar surface area (TPSA) is 28.2 Å². The predicted molar refractivity (Wildman–Crippen MR) is 73.3 cm³/mol. The van der Waals surface area contributed by atoms with Crippen molar-refractivity contribution in [2.75, 3.05) is 19.6 Å². The van der Waals surface area contributed by atoms with E-state index in [-0.39, 0.29) is 0 Å². The summed E-state index contributed by atoms with van der Waals surface area (Å²) in [6, 6.07) is 0. The molecule has 2 heterocycles. The van der Waals surface area contributed by atoms with Crippen LogP contribution in [0.3, 0.4) is 0 Å². The molecule has 0 atom stereocenters. The highest BCUT2D eigenvalue weighted by atomic mass is 32.1. The van der Waals surface area contributed by atoms with Crippen molar-refractivity contribution in [1.82, 2.24) is 15.2 Å². The Morgan fingerprint density at radius 3 is 3.00 bits per heavy atom. The van der Waals surface area contributed by atoms with E-state index in [9.17, 15) is 0 Å². The summed E-state index contributed by atoms with van der Waals surface area (Å²) in [5.74, 6) is 0.755. The van der Waals surface area contributed by atoms with Crippen molar-refractivity contribution in [3.63, 3.8) is 0 Å². The summed E-state index contributed by atoms with van der Waals surface area (Å²) >= 11 is 1.89. The molecule has 0 unspecified atom stereocenters. The maximum atomic E-state index is 4.73. The second-order valence-electron chi connectivity index (χ2n) is 5.14. The number of hydrogen-bond donors (Lipinski definition) is 1. The third-order valence-electron chi connectivity index (χ3n) is 3.00. The highest BCUT2D eigenvalue weighted by Gasteiger charge is 2.20. The maximum Gasteiger partial charge on any atom is 0.107 e. The van der Waals surface area contributed by atoms with Crippen molar-refractivity contribution >= 4 is 11.3 Å². The van der Waals surface area contributed by atoms with Crippen molar-refractivity contribution in [3.05, 3.63) is 15.6 Å². The number of aromatic nitrogens is 1. The van der Waals surface area contributed by atoms with E-state index in [2.05, 4.69) is 31.0 Å². The van der Waals surface area contributed by atoms with E-state index in [1.54, 1.807) is 0 Å². The van der Waals surface area contributed by atoms with Crippen LogP contribution >= 0.6 is 11.3 Å². The predicted octanol–water partition coefficient (Wildman–Crippen LogP) is 2.27. The van der Waals surface area contributed by atoms with Crippen molar-refractivity contribution < 1.29 is 0 Å². The Balaban J connectivity index is 1.97. The molecule has 0 aromatic carbocycles. The Morgan fingerprint density at radius 2 is 2.29 bits per heavy atom. The molecule has 1 N–H and O–H groups in total. The third-order valence-corrected chi connectivity index (χ3v) is 4.09. The van der Waals surface area contributed by atoms with Crippen LogP contribution in [0.4, 0.5) is 0 Å². The average Bonchev–Trinajstić information content (AvgIpc) is 2.67. The van der Waals surface area contributed by atoms with E-state index in [1.807, 2.05) is 11.3 Å². The van der Waals surface area contributed by atoms with Crippen LogP contribution < -0.4 is 5.32 Å². The van der Waals surface area contributed by atoms with E-state index in [0.717, 1.165) is 32.0 Å². The lowest BCUT2D eigenvalue weighted by molar-refractivity contribution is 0.228.